The maximum Gasteiger partial charge on any atom is 0.355 e. The maximum atomic E-state index is 12.7. The molecule has 0 aliphatic heterocycles. The summed E-state index contributed by atoms with van der Waals surface area (Å²) in [6.45, 7) is 0. The number of amides is 1. The Labute approximate surface area is 180 Å². The average Bonchev–Trinajstić information content (AvgIpc) is 2.78. The number of hydrogen-bond acceptors (Lipinski definition) is 8. The van der Waals surface area contributed by atoms with Crippen LogP contribution in [0.4, 0.5) is 23.0 Å². The van der Waals surface area contributed by atoms with Crippen molar-refractivity contribution in [2.45, 2.75) is 0 Å². The van der Waals surface area contributed by atoms with Gasteiger partial charge in [-0.05, 0) is 29.0 Å². The highest BCUT2D eigenvalue weighted by Crippen LogP contribution is 2.32. The first-order valence-electron chi connectivity index (χ1n) is 8.95. The zero-order chi connectivity index (χ0) is 21.8. The third kappa shape index (κ3) is 4.19. The van der Waals surface area contributed by atoms with Gasteiger partial charge >= 0.3 is 5.69 Å². The fourth-order valence-electron chi connectivity index (χ4n) is 2.95. The molecule has 10 nitrogen and oxygen atoms in total. The Kier molecular flexibility index (Phi) is 5.54. The van der Waals surface area contributed by atoms with Crippen LogP contribution in [0.15, 0.2) is 67.1 Å². The highest BCUT2D eigenvalue weighted by Gasteiger charge is 2.24. The molecule has 0 aliphatic rings. The number of benzene rings is 2. The van der Waals surface area contributed by atoms with Crippen LogP contribution >= 0.6 is 11.6 Å². The van der Waals surface area contributed by atoms with Gasteiger partial charge in [-0.3, -0.25) is 25.8 Å². The molecular formula is C20H14ClN7O3. The van der Waals surface area contributed by atoms with E-state index in [1.807, 2.05) is 30.3 Å². The standard InChI is InChI=1S/C20H14ClN7O3/c21-17-15(9-4-10-22-17)25-18-16(28(30)31)19(24-11-23-18)26-27-20(29)14-8-3-6-12-5-1-2-7-13(12)14/h1-11H,(H,27,29)(H2,23,24,25,26). The number of nitrogens with zero attached hydrogens (tertiary/aromatic N) is 4. The SMILES string of the molecule is O=C(NNc1ncnc(Nc2cccnc2Cl)c1[N+](=O)[O-])c1cccc2ccccc12. The van der Waals surface area contributed by atoms with Crippen LogP contribution in [0.3, 0.4) is 0 Å². The number of nitro groups is 1. The predicted molar refractivity (Wildman–Crippen MR) is 116 cm³/mol. The Bertz CT molecular complexity index is 1290. The van der Waals surface area contributed by atoms with Crippen molar-refractivity contribution in [1.82, 2.24) is 20.4 Å². The van der Waals surface area contributed by atoms with Crippen molar-refractivity contribution in [3.63, 3.8) is 0 Å². The van der Waals surface area contributed by atoms with Crippen molar-refractivity contribution in [3.05, 3.63) is 88.0 Å². The Hall–Kier alpha value is -4.31. The van der Waals surface area contributed by atoms with Crippen molar-refractivity contribution in [2.75, 3.05) is 10.7 Å². The first-order valence-corrected chi connectivity index (χ1v) is 9.33. The summed E-state index contributed by atoms with van der Waals surface area (Å²) in [5.41, 5.74) is 5.24. The largest absolute Gasteiger partial charge is 0.355 e. The summed E-state index contributed by atoms with van der Waals surface area (Å²) >= 11 is 6.00. The summed E-state index contributed by atoms with van der Waals surface area (Å²) in [5, 5.41) is 16.2. The van der Waals surface area contributed by atoms with E-state index in [0.717, 1.165) is 17.1 Å². The van der Waals surface area contributed by atoms with Gasteiger partial charge < -0.3 is 5.32 Å². The molecule has 0 fully saturated rings. The van der Waals surface area contributed by atoms with E-state index in [-0.39, 0.29) is 16.8 Å². The van der Waals surface area contributed by atoms with Crippen LogP contribution in [0.2, 0.25) is 5.15 Å². The van der Waals surface area contributed by atoms with Crippen LogP contribution in [0.25, 0.3) is 10.8 Å². The van der Waals surface area contributed by atoms with Gasteiger partial charge in [0.25, 0.3) is 5.91 Å². The molecule has 0 aliphatic carbocycles. The number of fused-ring (bicyclic) bond motifs is 1. The third-order valence-electron chi connectivity index (χ3n) is 4.35. The van der Waals surface area contributed by atoms with E-state index in [1.165, 1.54) is 6.20 Å². The number of carbonyl (C=O) groups excluding carboxylic acids is 1. The van der Waals surface area contributed by atoms with Crippen molar-refractivity contribution in [2.24, 2.45) is 0 Å². The van der Waals surface area contributed by atoms with Gasteiger partial charge in [-0.15, -0.1) is 0 Å². The monoisotopic (exact) mass is 435 g/mol. The van der Waals surface area contributed by atoms with Crippen molar-refractivity contribution in [1.29, 1.82) is 0 Å². The summed E-state index contributed by atoms with van der Waals surface area (Å²) in [5.74, 6) is -0.789. The number of nitrogens with one attached hydrogen (secondary N) is 3. The number of rotatable bonds is 6. The van der Waals surface area contributed by atoms with E-state index in [0.29, 0.717) is 11.3 Å². The fourth-order valence-corrected chi connectivity index (χ4v) is 3.11. The molecule has 0 radical (unpaired) electrons. The van der Waals surface area contributed by atoms with Gasteiger partial charge in [-0.1, -0.05) is 48.0 Å². The topological polar surface area (TPSA) is 135 Å². The lowest BCUT2D eigenvalue weighted by Gasteiger charge is -2.12. The lowest BCUT2D eigenvalue weighted by Crippen LogP contribution is -2.30. The first kappa shape index (κ1) is 20.0. The summed E-state index contributed by atoms with van der Waals surface area (Å²) in [4.78, 5) is 35.4. The van der Waals surface area contributed by atoms with Crippen LogP contribution in [-0.2, 0) is 0 Å². The van der Waals surface area contributed by atoms with Crippen LogP contribution in [-0.4, -0.2) is 25.8 Å². The number of carbonyl (C=O) groups is 1. The summed E-state index contributed by atoms with van der Waals surface area (Å²) in [7, 11) is 0. The van der Waals surface area contributed by atoms with E-state index in [2.05, 4.69) is 31.1 Å². The van der Waals surface area contributed by atoms with E-state index in [1.54, 1.807) is 24.3 Å². The first-order chi connectivity index (χ1) is 15.0. The van der Waals surface area contributed by atoms with Gasteiger partial charge in [-0.2, -0.15) is 0 Å². The minimum absolute atomic E-state index is 0.114. The second kappa shape index (κ2) is 8.59. The van der Waals surface area contributed by atoms with Gasteiger partial charge in [0, 0.05) is 11.8 Å². The molecule has 154 valence electrons. The van der Waals surface area contributed by atoms with E-state index in [4.69, 9.17) is 11.6 Å². The summed E-state index contributed by atoms with van der Waals surface area (Å²) in [6, 6.07) is 15.9. The number of hydrogen-bond donors (Lipinski definition) is 3. The van der Waals surface area contributed by atoms with Gasteiger partial charge in [0.05, 0.1) is 10.6 Å². The number of halogens is 1. The molecule has 0 saturated heterocycles. The van der Waals surface area contributed by atoms with Gasteiger partial charge in [0.1, 0.15) is 6.33 Å². The molecule has 1 amide bonds. The maximum absolute atomic E-state index is 12.7. The summed E-state index contributed by atoms with van der Waals surface area (Å²) in [6.07, 6.45) is 2.60. The Morgan fingerprint density at radius 1 is 0.968 bits per heavy atom. The van der Waals surface area contributed by atoms with Crippen molar-refractivity contribution in [3.8, 4) is 0 Å². The number of pyridine rings is 1. The molecule has 0 spiro atoms. The Balaban J connectivity index is 1.60. The number of hydrazine groups is 1. The molecule has 0 atom stereocenters. The number of anilines is 3. The predicted octanol–water partition coefficient (Wildman–Crippen LogP) is 4.09. The third-order valence-corrected chi connectivity index (χ3v) is 4.65. The highest BCUT2D eigenvalue weighted by atomic mass is 35.5. The summed E-state index contributed by atoms with van der Waals surface area (Å²) < 4.78 is 0. The second-order valence-corrected chi connectivity index (χ2v) is 6.61. The smallest absolute Gasteiger partial charge is 0.332 e. The second-order valence-electron chi connectivity index (χ2n) is 6.25. The van der Waals surface area contributed by atoms with Crippen LogP contribution in [0.1, 0.15) is 10.4 Å². The van der Waals surface area contributed by atoms with E-state index in [9.17, 15) is 14.9 Å². The average molecular weight is 436 g/mol. The highest BCUT2D eigenvalue weighted by molar-refractivity contribution is 6.32. The lowest BCUT2D eigenvalue weighted by molar-refractivity contribution is -0.383. The molecule has 4 aromatic rings. The molecule has 2 aromatic heterocycles. The molecule has 2 heterocycles. The Morgan fingerprint density at radius 3 is 2.55 bits per heavy atom. The molecular weight excluding hydrogens is 422 g/mol. The molecule has 4 rings (SSSR count). The zero-order valence-electron chi connectivity index (χ0n) is 15.7. The van der Waals surface area contributed by atoms with Crippen LogP contribution < -0.4 is 16.2 Å². The molecule has 31 heavy (non-hydrogen) atoms. The van der Waals surface area contributed by atoms with Crippen LogP contribution in [0.5, 0.6) is 0 Å². The van der Waals surface area contributed by atoms with Crippen molar-refractivity contribution >= 4 is 51.3 Å². The molecule has 0 bridgehead atoms. The molecule has 2 aromatic carbocycles. The Morgan fingerprint density at radius 2 is 1.74 bits per heavy atom. The minimum atomic E-state index is -0.668. The quantitative estimate of drug-likeness (QED) is 0.234. The molecule has 0 saturated carbocycles. The van der Waals surface area contributed by atoms with E-state index < -0.39 is 16.5 Å². The zero-order valence-corrected chi connectivity index (χ0v) is 16.5. The van der Waals surface area contributed by atoms with Gasteiger partial charge in [0.15, 0.2) is 5.15 Å². The van der Waals surface area contributed by atoms with Crippen molar-refractivity contribution < 1.29 is 9.72 Å². The van der Waals surface area contributed by atoms with E-state index >= 15 is 0 Å². The molecule has 3 N–H and O–H groups in total. The molecule has 11 heteroatoms. The normalized spacial score (nSPS) is 10.5. The van der Waals surface area contributed by atoms with Gasteiger partial charge in [0.2, 0.25) is 11.6 Å². The lowest BCUT2D eigenvalue weighted by atomic mass is 10.0. The molecule has 0 unspecified atom stereocenters. The minimum Gasteiger partial charge on any atom is -0.332 e. The fraction of sp³-hybridized carbons (Fsp3) is 0. The van der Waals surface area contributed by atoms with Crippen LogP contribution in [0, 0.1) is 10.1 Å². The number of aromatic nitrogens is 3. The van der Waals surface area contributed by atoms with Gasteiger partial charge in [-0.25, -0.2) is 15.0 Å².